The fraction of sp³-hybridized carbons (Fsp3) is 0.217. The van der Waals surface area contributed by atoms with E-state index in [1.165, 1.54) is 24.3 Å². The second kappa shape index (κ2) is 9.02. The number of anilines is 1. The van der Waals surface area contributed by atoms with E-state index in [0.717, 1.165) is 16.2 Å². The molecule has 1 fully saturated rings. The molecular weight excluding hydrogens is 460 g/mol. The minimum atomic E-state index is -1.04. The minimum absolute atomic E-state index is 0.0396. The average molecular weight is 481 g/mol. The third-order valence-corrected chi connectivity index (χ3v) is 5.92. The highest BCUT2D eigenvalue weighted by molar-refractivity contribution is 7.15. The summed E-state index contributed by atoms with van der Waals surface area (Å²) < 4.78 is 5.61. The van der Waals surface area contributed by atoms with Crippen molar-refractivity contribution < 1.29 is 24.4 Å². The van der Waals surface area contributed by atoms with Crippen molar-refractivity contribution in [3.05, 3.63) is 80.4 Å². The van der Waals surface area contributed by atoms with Crippen LogP contribution in [-0.4, -0.2) is 38.0 Å². The second-order valence-corrected chi connectivity index (χ2v) is 8.97. The van der Waals surface area contributed by atoms with Gasteiger partial charge in [0.25, 0.3) is 11.5 Å². The Bertz CT molecular complexity index is 1300. The average Bonchev–Trinajstić information content (AvgIpc) is 3.34. The summed E-state index contributed by atoms with van der Waals surface area (Å²) in [5.41, 5.74) is 0.422. The normalized spacial score (nSPS) is 17.4. The van der Waals surface area contributed by atoms with Gasteiger partial charge in [-0.3, -0.25) is 24.6 Å². The number of nitrogens with zero attached hydrogens (tertiary/aromatic N) is 4. The number of carbonyl (C=O) groups excluding carboxylic acids is 2. The number of nitro benzene ring substituents is 1. The molecule has 0 aliphatic carbocycles. The molecule has 1 N–H and O–H groups in total. The largest absolute Gasteiger partial charge is 0.507 e. The summed E-state index contributed by atoms with van der Waals surface area (Å²) in [6.07, 6.45) is -0.0396. The lowest BCUT2D eigenvalue weighted by Crippen LogP contribution is -2.29. The molecule has 0 radical (unpaired) electrons. The van der Waals surface area contributed by atoms with Crippen molar-refractivity contribution in [2.75, 3.05) is 4.90 Å². The van der Waals surface area contributed by atoms with E-state index >= 15 is 0 Å². The molecule has 1 amide bonds. The van der Waals surface area contributed by atoms with Gasteiger partial charge in [0.1, 0.15) is 16.5 Å². The van der Waals surface area contributed by atoms with Crippen molar-refractivity contribution in [1.82, 2.24) is 10.2 Å². The number of aryl methyl sites for hydroxylation is 1. The highest BCUT2D eigenvalue weighted by Crippen LogP contribution is 2.43. The molecule has 10 nitrogen and oxygen atoms in total. The number of Topliss-reactive ketones (excluding diaryl/α,β-unsaturated/α-hetero) is 1. The molecular formula is C23H20N4O6S. The molecule has 1 atom stereocenters. The fourth-order valence-electron chi connectivity index (χ4n) is 3.63. The number of carbonyl (C=O) groups is 2. The molecule has 11 heteroatoms. The lowest BCUT2D eigenvalue weighted by atomic mass is 9.95. The summed E-state index contributed by atoms with van der Waals surface area (Å²) in [6, 6.07) is 10.9. The summed E-state index contributed by atoms with van der Waals surface area (Å²) >= 11 is 1.12. The molecule has 0 spiro atoms. The zero-order chi connectivity index (χ0) is 24.6. The third-order valence-electron chi connectivity index (χ3n) is 5.09. The second-order valence-electron chi connectivity index (χ2n) is 7.81. The van der Waals surface area contributed by atoms with Crippen LogP contribution >= 0.6 is 11.3 Å². The molecule has 3 aromatic rings. The van der Waals surface area contributed by atoms with Crippen molar-refractivity contribution in [3.8, 4) is 5.75 Å². The zero-order valence-corrected chi connectivity index (χ0v) is 19.3. The SMILES string of the molecule is Cc1nnc(N2C(=O)C(=O)C(=C(O)c3ccc(OC(C)C)cc3)[C@H]2c2ccc([N+](=O)[O-])cc2)s1. The highest BCUT2D eigenvalue weighted by Gasteiger charge is 2.48. The van der Waals surface area contributed by atoms with Gasteiger partial charge >= 0.3 is 5.91 Å². The van der Waals surface area contributed by atoms with Crippen molar-refractivity contribution in [2.45, 2.75) is 32.9 Å². The number of ketones is 1. The number of aromatic nitrogens is 2. The summed E-state index contributed by atoms with van der Waals surface area (Å²) in [7, 11) is 0. The molecule has 1 aliphatic heterocycles. The van der Waals surface area contributed by atoms with Gasteiger partial charge in [0.05, 0.1) is 22.6 Å². The van der Waals surface area contributed by atoms with Crippen LogP contribution in [0, 0.1) is 17.0 Å². The minimum Gasteiger partial charge on any atom is -0.507 e. The number of aliphatic hydroxyl groups excluding tert-OH is 1. The Morgan fingerprint density at radius 3 is 2.29 bits per heavy atom. The number of ether oxygens (including phenoxy) is 1. The fourth-order valence-corrected chi connectivity index (χ4v) is 4.34. The lowest BCUT2D eigenvalue weighted by molar-refractivity contribution is -0.384. The van der Waals surface area contributed by atoms with E-state index in [9.17, 15) is 24.8 Å². The van der Waals surface area contributed by atoms with Gasteiger partial charge in [-0.1, -0.05) is 11.3 Å². The highest BCUT2D eigenvalue weighted by atomic mass is 32.1. The van der Waals surface area contributed by atoms with Gasteiger partial charge in [0, 0.05) is 17.7 Å². The number of hydrogen-bond acceptors (Lipinski definition) is 9. The zero-order valence-electron chi connectivity index (χ0n) is 18.5. The van der Waals surface area contributed by atoms with Gasteiger partial charge < -0.3 is 9.84 Å². The van der Waals surface area contributed by atoms with Gasteiger partial charge in [-0.25, -0.2) is 0 Å². The summed E-state index contributed by atoms with van der Waals surface area (Å²) in [4.78, 5) is 37.8. The van der Waals surface area contributed by atoms with Crippen LogP contribution in [0.15, 0.2) is 54.1 Å². The van der Waals surface area contributed by atoms with E-state index in [-0.39, 0.29) is 28.3 Å². The van der Waals surface area contributed by atoms with E-state index < -0.39 is 22.7 Å². The van der Waals surface area contributed by atoms with Gasteiger partial charge in [0.2, 0.25) is 5.13 Å². The van der Waals surface area contributed by atoms with Crippen molar-refractivity contribution >= 4 is 39.6 Å². The third kappa shape index (κ3) is 4.25. The van der Waals surface area contributed by atoms with Gasteiger partial charge in [-0.15, -0.1) is 10.2 Å². The predicted molar refractivity (Wildman–Crippen MR) is 125 cm³/mol. The standard InChI is InChI=1S/C23H20N4O6S/c1-12(2)33-17-10-6-15(7-11-17)20(28)18-19(14-4-8-16(9-5-14)27(31)32)26(22(30)21(18)29)23-25-24-13(3)34-23/h4-12,19,28H,1-3H3/t19-/m1/s1. The lowest BCUT2D eigenvalue weighted by Gasteiger charge is -2.22. The smallest absolute Gasteiger partial charge is 0.301 e. The van der Waals surface area contributed by atoms with E-state index in [1.807, 2.05) is 13.8 Å². The van der Waals surface area contributed by atoms with Gasteiger partial charge in [0.15, 0.2) is 0 Å². The molecule has 34 heavy (non-hydrogen) atoms. The quantitative estimate of drug-likeness (QED) is 0.183. The maximum absolute atomic E-state index is 13.1. The summed E-state index contributed by atoms with van der Waals surface area (Å²) in [5.74, 6) is -1.55. The molecule has 1 aromatic heterocycles. The van der Waals surface area contributed by atoms with Crippen LogP contribution in [0.25, 0.3) is 5.76 Å². The van der Waals surface area contributed by atoms with Crippen LogP contribution in [0.4, 0.5) is 10.8 Å². The Hall–Kier alpha value is -4.12. The van der Waals surface area contributed by atoms with Crippen LogP contribution in [0.3, 0.4) is 0 Å². The Kier molecular flexibility index (Phi) is 6.12. The Morgan fingerprint density at radius 2 is 1.76 bits per heavy atom. The van der Waals surface area contributed by atoms with Crippen molar-refractivity contribution in [1.29, 1.82) is 0 Å². The molecule has 174 valence electrons. The topological polar surface area (TPSA) is 136 Å². The molecule has 0 saturated carbocycles. The van der Waals surface area contributed by atoms with Crippen LogP contribution in [0.2, 0.25) is 0 Å². The first kappa shape index (κ1) is 23.1. The number of aliphatic hydroxyl groups is 1. The van der Waals surface area contributed by atoms with Crippen LogP contribution in [0.1, 0.15) is 36.0 Å². The van der Waals surface area contributed by atoms with Crippen molar-refractivity contribution in [2.24, 2.45) is 0 Å². The molecule has 2 heterocycles. The van der Waals surface area contributed by atoms with E-state index in [0.29, 0.717) is 21.9 Å². The summed E-state index contributed by atoms with van der Waals surface area (Å²) in [6.45, 7) is 5.48. The monoisotopic (exact) mass is 480 g/mol. The first-order valence-electron chi connectivity index (χ1n) is 10.3. The van der Waals surface area contributed by atoms with E-state index in [4.69, 9.17) is 4.74 Å². The Labute approximate surface area is 198 Å². The van der Waals surface area contributed by atoms with Gasteiger partial charge in [-0.05, 0) is 62.7 Å². The number of amides is 1. The van der Waals surface area contributed by atoms with E-state index in [1.54, 1.807) is 31.2 Å². The number of benzene rings is 2. The number of non-ortho nitro benzene ring substituents is 1. The molecule has 2 aromatic carbocycles. The van der Waals surface area contributed by atoms with Gasteiger partial charge in [-0.2, -0.15) is 0 Å². The Morgan fingerprint density at radius 1 is 1.12 bits per heavy atom. The van der Waals surface area contributed by atoms with E-state index in [2.05, 4.69) is 10.2 Å². The van der Waals surface area contributed by atoms with Crippen LogP contribution in [0.5, 0.6) is 5.75 Å². The van der Waals surface area contributed by atoms with Crippen LogP contribution in [-0.2, 0) is 9.59 Å². The molecule has 1 aliphatic rings. The molecule has 1 saturated heterocycles. The molecule has 0 unspecified atom stereocenters. The number of nitro groups is 1. The molecule has 4 rings (SSSR count). The number of rotatable bonds is 6. The van der Waals surface area contributed by atoms with Crippen LogP contribution < -0.4 is 9.64 Å². The maximum atomic E-state index is 13.1. The summed E-state index contributed by atoms with van der Waals surface area (Å²) in [5, 5.41) is 30.9. The molecule has 0 bridgehead atoms. The first-order chi connectivity index (χ1) is 16.2. The predicted octanol–water partition coefficient (Wildman–Crippen LogP) is 4.17. The Balaban J connectivity index is 1.85. The maximum Gasteiger partial charge on any atom is 0.301 e. The van der Waals surface area contributed by atoms with Crippen molar-refractivity contribution in [3.63, 3.8) is 0 Å². The number of hydrogen-bond donors (Lipinski definition) is 1. The first-order valence-corrected chi connectivity index (χ1v) is 11.1.